The van der Waals surface area contributed by atoms with E-state index in [0.29, 0.717) is 11.6 Å². The van der Waals surface area contributed by atoms with Crippen LogP contribution in [0.3, 0.4) is 0 Å². The average Bonchev–Trinajstić information content (AvgIpc) is 3.50. The standard InChI is InChI=1S/C30H26ClN5OS/c1-20-26-19-35(30(37)32-23-8-6-11-25(18-23)38-2)28(21-13-15-22(31)16-14-21)27-12-7-17-34(27)29(26)36(33-20)24-9-4-3-5-10-24/h3-18,28H,19H2,1-2H3,(H,32,37)/t28-/m1/s1. The van der Waals surface area contributed by atoms with Gasteiger partial charge in [-0.3, -0.25) is 0 Å². The van der Waals surface area contributed by atoms with Gasteiger partial charge in [-0.15, -0.1) is 11.8 Å². The van der Waals surface area contributed by atoms with Gasteiger partial charge in [0.25, 0.3) is 0 Å². The van der Waals surface area contributed by atoms with Crippen molar-refractivity contribution in [3.8, 4) is 11.5 Å². The number of benzene rings is 3. The molecule has 6 rings (SSSR count). The first-order chi connectivity index (χ1) is 18.5. The lowest BCUT2D eigenvalue weighted by Crippen LogP contribution is -2.38. The molecule has 190 valence electrons. The summed E-state index contributed by atoms with van der Waals surface area (Å²) >= 11 is 7.89. The summed E-state index contributed by atoms with van der Waals surface area (Å²) in [5.74, 6) is 0.937. The lowest BCUT2D eigenvalue weighted by atomic mass is 10.0. The second kappa shape index (κ2) is 10.1. The van der Waals surface area contributed by atoms with Crippen molar-refractivity contribution in [2.75, 3.05) is 11.6 Å². The molecule has 0 unspecified atom stereocenters. The van der Waals surface area contributed by atoms with Crippen molar-refractivity contribution in [3.05, 3.63) is 125 Å². The molecule has 8 heteroatoms. The van der Waals surface area contributed by atoms with Crippen molar-refractivity contribution in [2.45, 2.75) is 24.4 Å². The van der Waals surface area contributed by atoms with Crippen LogP contribution in [0.5, 0.6) is 0 Å². The van der Waals surface area contributed by atoms with Gasteiger partial charge in [-0.05, 0) is 73.3 Å². The lowest BCUT2D eigenvalue weighted by Gasteiger charge is -2.31. The fraction of sp³-hybridized carbons (Fsp3) is 0.133. The number of amides is 2. The van der Waals surface area contributed by atoms with Crippen molar-refractivity contribution >= 4 is 35.1 Å². The Morgan fingerprint density at radius 1 is 1.00 bits per heavy atom. The minimum atomic E-state index is -0.345. The van der Waals surface area contributed by atoms with E-state index in [1.807, 2.05) is 114 Å². The van der Waals surface area contributed by atoms with Gasteiger partial charge in [-0.1, -0.05) is 48.0 Å². The molecule has 3 heterocycles. The number of anilines is 1. The molecule has 0 saturated carbocycles. The summed E-state index contributed by atoms with van der Waals surface area (Å²) < 4.78 is 4.12. The highest BCUT2D eigenvalue weighted by Crippen LogP contribution is 2.39. The molecule has 1 aliphatic heterocycles. The van der Waals surface area contributed by atoms with E-state index in [2.05, 4.69) is 16.0 Å². The normalized spacial score (nSPS) is 14.5. The van der Waals surface area contributed by atoms with Crippen LogP contribution in [-0.4, -0.2) is 31.5 Å². The second-order valence-electron chi connectivity index (χ2n) is 9.18. The van der Waals surface area contributed by atoms with Gasteiger partial charge >= 0.3 is 6.03 Å². The number of aromatic nitrogens is 3. The molecule has 2 aromatic heterocycles. The molecule has 3 aromatic carbocycles. The van der Waals surface area contributed by atoms with Crippen LogP contribution in [0.15, 0.2) is 102 Å². The summed E-state index contributed by atoms with van der Waals surface area (Å²) in [6.45, 7) is 2.39. The van der Waals surface area contributed by atoms with Crippen LogP contribution in [0.1, 0.15) is 28.6 Å². The van der Waals surface area contributed by atoms with Gasteiger partial charge in [0.2, 0.25) is 0 Å². The van der Waals surface area contributed by atoms with E-state index in [1.54, 1.807) is 11.8 Å². The third-order valence-electron chi connectivity index (χ3n) is 6.85. The maximum absolute atomic E-state index is 14.0. The topological polar surface area (TPSA) is 55.1 Å². The Kier molecular flexibility index (Phi) is 6.47. The third-order valence-corrected chi connectivity index (χ3v) is 7.83. The minimum Gasteiger partial charge on any atom is -0.308 e. The van der Waals surface area contributed by atoms with Gasteiger partial charge in [0.1, 0.15) is 5.82 Å². The first-order valence-electron chi connectivity index (χ1n) is 12.3. The number of hydrogen-bond acceptors (Lipinski definition) is 3. The maximum atomic E-state index is 14.0. The van der Waals surface area contributed by atoms with Crippen molar-refractivity contribution < 1.29 is 4.79 Å². The van der Waals surface area contributed by atoms with Crippen LogP contribution in [0.4, 0.5) is 10.5 Å². The van der Waals surface area contributed by atoms with Crippen LogP contribution < -0.4 is 5.32 Å². The number of rotatable bonds is 4. The van der Waals surface area contributed by atoms with Crippen LogP contribution in [0.25, 0.3) is 11.5 Å². The predicted octanol–water partition coefficient (Wildman–Crippen LogP) is 7.48. The van der Waals surface area contributed by atoms with Crippen LogP contribution in [0, 0.1) is 6.92 Å². The van der Waals surface area contributed by atoms with Crippen molar-refractivity contribution in [2.24, 2.45) is 0 Å². The van der Waals surface area contributed by atoms with Gasteiger partial charge in [0.15, 0.2) is 0 Å². The zero-order valence-corrected chi connectivity index (χ0v) is 22.6. The number of nitrogens with one attached hydrogen (secondary N) is 1. The zero-order valence-electron chi connectivity index (χ0n) is 21.0. The van der Waals surface area contributed by atoms with E-state index in [0.717, 1.165) is 44.6 Å². The fourth-order valence-corrected chi connectivity index (χ4v) is 5.63. The molecule has 5 aromatic rings. The minimum absolute atomic E-state index is 0.185. The summed E-state index contributed by atoms with van der Waals surface area (Å²) in [5, 5.41) is 8.71. The first kappa shape index (κ1) is 24.4. The van der Waals surface area contributed by atoms with E-state index in [-0.39, 0.29) is 12.1 Å². The number of nitrogens with zero attached hydrogens (tertiary/aromatic N) is 4. The second-order valence-corrected chi connectivity index (χ2v) is 10.5. The summed E-state index contributed by atoms with van der Waals surface area (Å²) in [4.78, 5) is 17.0. The van der Waals surface area contributed by atoms with Gasteiger partial charge in [-0.25, -0.2) is 9.48 Å². The van der Waals surface area contributed by atoms with E-state index in [1.165, 1.54) is 0 Å². The number of hydrogen-bond donors (Lipinski definition) is 1. The number of urea groups is 1. The van der Waals surface area contributed by atoms with E-state index in [9.17, 15) is 4.79 Å². The van der Waals surface area contributed by atoms with E-state index >= 15 is 0 Å². The molecular weight excluding hydrogens is 514 g/mol. The van der Waals surface area contributed by atoms with Crippen molar-refractivity contribution in [3.63, 3.8) is 0 Å². The quantitative estimate of drug-likeness (QED) is 0.241. The number of thioether (sulfide) groups is 1. The van der Waals surface area contributed by atoms with Gasteiger partial charge in [0.05, 0.1) is 29.7 Å². The molecule has 0 fully saturated rings. The van der Waals surface area contributed by atoms with E-state index < -0.39 is 0 Å². The smallest absolute Gasteiger partial charge is 0.308 e. The summed E-state index contributed by atoms with van der Waals surface area (Å²) in [7, 11) is 0. The Morgan fingerprint density at radius 3 is 2.55 bits per heavy atom. The predicted molar refractivity (Wildman–Crippen MR) is 154 cm³/mol. The first-order valence-corrected chi connectivity index (χ1v) is 13.9. The van der Waals surface area contributed by atoms with Crippen LogP contribution in [-0.2, 0) is 6.54 Å². The molecular formula is C30H26ClN5OS. The summed E-state index contributed by atoms with van der Waals surface area (Å²) in [6.07, 6.45) is 4.07. The molecule has 1 N–H and O–H groups in total. The number of para-hydroxylation sites is 1. The maximum Gasteiger partial charge on any atom is 0.322 e. The Balaban J connectivity index is 1.52. The molecule has 1 atom stereocenters. The fourth-order valence-electron chi connectivity index (χ4n) is 5.04. The zero-order chi connectivity index (χ0) is 26.2. The van der Waals surface area contributed by atoms with Crippen LogP contribution >= 0.6 is 23.4 Å². The molecule has 38 heavy (non-hydrogen) atoms. The number of carbonyl (C=O) groups is 1. The molecule has 0 aliphatic carbocycles. The summed E-state index contributed by atoms with van der Waals surface area (Å²) in [5.41, 5.74) is 5.54. The molecule has 0 spiro atoms. The van der Waals surface area contributed by atoms with Gasteiger partial charge in [-0.2, -0.15) is 5.10 Å². The molecule has 0 bridgehead atoms. The Bertz CT molecular complexity index is 1610. The summed E-state index contributed by atoms with van der Waals surface area (Å²) in [6, 6.07) is 29.3. The van der Waals surface area contributed by atoms with Crippen LogP contribution in [0.2, 0.25) is 5.02 Å². The molecule has 0 saturated heterocycles. The number of fused-ring (bicyclic) bond motifs is 3. The lowest BCUT2D eigenvalue weighted by molar-refractivity contribution is 0.194. The Morgan fingerprint density at radius 2 is 1.79 bits per heavy atom. The SMILES string of the molecule is CSc1cccc(NC(=O)N2Cc3c(C)nn(-c4ccccc4)c3-n3cccc3[C@H]2c2ccc(Cl)cc2)c1. The van der Waals surface area contributed by atoms with Crippen molar-refractivity contribution in [1.82, 2.24) is 19.2 Å². The Hall–Kier alpha value is -3.94. The molecule has 6 nitrogen and oxygen atoms in total. The highest BCUT2D eigenvalue weighted by atomic mass is 35.5. The largest absolute Gasteiger partial charge is 0.322 e. The molecule has 2 amide bonds. The highest BCUT2D eigenvalue weighted by molar-refractivity contribution is 7.98. The Labute approximate surface area is 230 Å². The third kappa shape index (κ3) is 4.38. The monoisotopic (exact) mass is 539 g/mol. The molecule has 0 radical (unpaired) electrons. The number of halogens is 1. The number of aryl methyl sites for hydroxylation is 1. The highest BCUT2D eigenvalue weighted by Gasteiger charge is 2.36. The van der Waals surface area contributed by atoms with Gasteiger partial charge in [0, 0.05) is 27.4 Å². The van der Waals surface area contributed by atoms with Gasteiger partial charge < -0.3 is 14.8 Å². The number of carbonyl (C=O) groups excluding carboxylic acids is 1. The average molecular weight is 540 g/mol. The molecule has 1 aliphatic rings. The van der Waals surface area contributed by atoms with E-state index in [4.69, 9.17) is 16.7 Å². The van der Waals surface area contributed by atoms with Crippen molar-refractivity contribution in [1.29, 1.82) is 0 Å².